The highest BCUT2D eigenvalue weighted by Crippen LogP contribution is 2.67. The van der Waals surface area contributed by atoms with E-state index in [2.05, 4.69) is 46.0 Å². The van der Waals surface area contributed by atoms with Crippen molar-refractivity contribution in [1.29, 1.82) is 0 Å². The number of hydrogen-bond acceptors (Lipinski definition) is 5. The average molecular weight is 615 g/mol. The molecule has 254 valence electrons. The molecular weight excluding hydrogens is 544 g/mol. The Labute approximate surface area is 271 Å². The molecule has 44 heavy (non-hydrogen) atoms. The molecule has 6 nitrogen and oxygen atoms in total. The number of carbonyl (C=O) groups excluding carboxylic acids is 1. The number of hydrogen-bond donors (Lipinski definition) is 3. The van der Waals surface area contributed by atoms with Crippen LogP contribution in [0.25, 0.3) is 0 Å². The van der Waals surface area contributed by atoms with Crippen molar-refractivity contribution in [2.45, 2.75) is 137 Å². The Morgan fingerprint density at radius 2 is 1.68 bits per heavy atom. The number of nitrogens with two attached hydrogens (primary N) is 2. The van der Waals surface area contributed by atoms with E-state index in [1.54, 1.807) is 5.57 Å². The molecule has 0 bridgehead atoms. The van der Waals surface area contributed by atoms with E-state index in [1.807, 2.05) is 4.90 Å². The first-order chi connectivity index (χ1) is 21.1. The highest BCUT2D eigenvalue weighted by molar-refractivity contribution is 5.67. The lowest BCUT2D eigenvalue weighted by Crippen LogP contribution is -2.51. The molecule has 0 aliphatic heterocycles. The molecule has 4 aliphatic carbocycles. The van der Waals surface area contributed by atoms with E-state index in [0.29, 0.717) is 18.5 Å². The lowest BCUT2D eigenvalue weighted by atomic mass is 9.47. The SMILES string of the molecule is CC(C)CCC[C@@H](C)[C@H]1CCC2[C@@H]3CC=C4C[C@@H](OC(=O)N(CCCN)CCCCNCCCN)CC[C@]4(C)C3CC[C@@]21C. The van der Waals surface area contributed by atoms with Gasteiger partial charge in [-0.1, -0.05) is 65.5 Å². The fourth-order valence-corrected chi connectivity index (χ4v) is 10.5. The first-order valence-corrected chi connectivity index (χ1v) is 18.9. The summed E-state index contributed by atoms with van der Waals surface area (Å²) in [5.74, 6) is 5.11. The number of nitrogens with one attached hydrogen (secondary N) is 1. The van der Waals surface area contributed by atoms with Crippen LogP contribution in [-0.4, -0.2) is 56.4 Å². The average Bonchev–Trinajstić information content (AvgIpc) is 3.35. The Morgan fingerprint density at radius 3 is 2.43 bits per heavy atom. The summed E-state index contributed by atoms with van der Waals surface area (Å²) >= 11 is 0. The number of allylic oxidation sites excluding steroid dienone is 1. The van der Waals surface area contributed by atoms with E-state index in [4.69, 9.17) is 16.2 Å². The van der Waals surface area contributed by atoms with Gasteiger partial charge in [-0.3, -0.25) is 0 Å². The third-order valence-corrected chi connectivity index (χ3v) is 13.0. The summed E-state index contributed by atoms with van der Waals surface area (Å²) < 4.78 is 6.24. The van der Waals surface area contributed by atoms with Crippen molar-refractivity contribution in [1.82, 2.24) is 10.2 Å². The fourth-order valence-electron chi connectivity index (χ4n) is 10.5. The van der Waals surface area contributed by atoms with Crippen molar-refractivity contribution in [3.63, 3.8) is 0 Å². The minimum atomic E-state index is -0.134. The van der Waals surface area contributed by atoms with Gasteiger partial charge in [-0.15, -0.1) is 0 Å². The standard InChI is InChI=1S/C38H70N4O2/c1-28(2)11-8-12-29(3)33-15-16-34-32-14-13-30-27-31(17-19-37(30,4)35(32)18-20-38(33,34)5)44-36(43)42(26-10-22-40)25-7-6-23-41-24-9-21-39/h13,28-29,31-35,41H,6-12,14-27,39-40H2,1-5H3/t29-,31+,32+,33-,34?,35?,37+,38-/m1/s1. The Balaban J connectivity index is 1.32. The number of amides is 1. The molecule has 6 heteroatoms. The zero-order valence-electron chi connectivity index (χ0n) is 29.4. The highest BCUT2D eigenvalue weighted by Gasteiger charge is 2.59. The normalized spacial score (nSPS) is 33.7. The van der Waals surface area contributed by atoms with Crippen LogP contribution in [0.15, 0.2) is 11.6 Å². The molecule has 0 aromatic rings. The molecule has 0 radical (unpaired) electrons. The van der Waals surface area contributed by atoms with Gasteiger partial charge < -0.3 is 26.4 Å². The van der Waals surface area contributed by atoms with Crippen LogP contribution in [0, 0.1) is 46.3 Å². The van der Waals surface area contributed by atoms with Crippen molar-refractivity contribution in [2.75, 3.05) is 39.3 Å². The van der Waals surface area contributed by atoms with Crippen LogP contribution in [0.5, 0.6) is 0 Å². The second-order valence-corrected chi connectivity index (χ2v) is 16.3. The van der Waals surface area contributed by atoms with E-state index in [9.17, 15) is 4.79 Å². The maximum atomic E-state index is 13.3. The molecule has 3 saturated carbocycles. The lowest BCUT2D eigenvalue weighted by molar-refractivity contribution is -0.0593. The third-order valence-electron chi connectivity index (χ3n) is 13.0. The van der Waals surface area contributed by atoms with Gasteiger partial charge in [0.1, 0.15) is 6.10 Å². The van der Waals surface area contributed by atoms with Gasteiger partial charge in [-0.2, -0.15) is 0 Å². The minimum Gasteiger partial charge on any atom is -0.446 e. The Bertz CT molecular complexity index is 923. The number of carbonyl (C=O) groups is 1. The maximum Gasteiger partial charge on any atom is 0.410 e. The third kappa shape index (κ3) is 8.42. The largest absolute Gasteiger partial charge is 0.446 e. The molecule has 0 saturated heterocycles. The first kappa shape index (κ1) is 35.7. The molecule has 5 N–H and O–H groups in total. The predicted octanol–water partition coefficient (Wildman–Crippen LogP) is 7.90. The van der Waals surface area contributed by atoms with Crippen LogP contribution >= 0.6 is 0 Å². The second-order valence-electron chi connectivity index (χ2n) is 16.3. The summed E-state index contributed by atoms with van der Waals surface area (Å²) in [6, 6.07) is 0. The van der Waals surface area contributed by atoms with E-state index in [1.165, 1.54) is 51.4 Å². The Kier molecular flexibility index (Phi) is 13.5. The van der Waals surface area contributed by atoms with Gasteiger partial charge in [0, 0.05) is 19.5 Å². The molecule has 0 heterocycles. The molecule has 0 aromatic heterocycles. The second kappa shape index (κ2) is 16.6. The van der Waals surface area contributed by atoms with Crippen LogP contribution < -0.4 is 16.8 Å². The summed E-state index contributed by atoms with van der Waals surface area (Å²) in [7, 11) is 0. The molecule has 8 atom stereocenters. The van der Waals surface area contributed by atoms with Crippen LogP contribution in [0.1, 0.15) is 131 Å². The molecule has 2 unspecified atom stereocenters. The van der Waals surface area contributed by atoms with E-state index in [0.717, 1.165) is 107 Å². The highest BCUT2D eigenvalue weighted by atomic mass is 16.6. The number of fused-ring (bicyclic) bond motifs is 5. The van der Waals surface area contributed by atoms with Crippen molar-refractivity contribution in [2.24, 2.45) is 57.8 Å². The number of ether oxygens (including phenoxy) is 1. The van der Waals surface area contributed by atoms with Gasteiger partial charge in [0.25, 0.3) is 0 Å². The fraction of sp³-hybridized carbons (Fsp3) is 0.921. The van der Waals surface area contributed by atoms with Crippen molar-refractivity contribution < 1.29 is 9.53 Å². The Morgan fingerprint density at radius 1 is 0.932 bits per heavy atom. The van der Waals surface area contributed by atoms with Crippen molar-refractivity contribution >= 4 is 6.09 Å². The lowest BCUT2D eigenvalue weighted by Gasteiger charge is -2.58. The summed E-state index contributed by atoms with van der Waals surface area (Å²) in [6.45, 7) is 17.3. The molecule has 0 spiro atoms. The van der Waals surface area contributed by atoms with Crippen LogP contribution in [0.4, 0.5) is 4.79 Å². The summed E-state index contributed by atoms with van der Waals surface area (Å²) in [5, 5.41) is 3.44. The van der Waals surface area contributed by atoms with E-state index >= 15 is 0 Å². The smallest absolute Gasteiger partial charge is 0.410 e. The van der Waals surface area contributed by atoms with Gasteiger partial charge in [-0.25, -0.2) is 4.79 Å². The van der Waals surface area contributed by atoms with Gasteiger partial charge >= 0.3 is 6.09 Å². The molecule has 4 aliphatic rings. The van der Waals surface area contributed by atoms with E-state index in [-0.39, 0.29) is 17.6 Å². The summed E-state index contributed by atoms with van der Waals surface area (Å²) in [5.41, 5.74) is 13.8. The quantitative estimate of drug-likeness (QED) is 0.114. The topological polar surface area (TPSA) is 93.6 Å². The van der Waals surface area contributed by atoms with Gasteiger partial charge in [0.2, 0.25) is 0 Å². The Hall–Kier alpha value is -1.11. The number of nitrogens with zero attached hydrogens (tertiary/aromatic N) is 1. The first-order valence-electron chi connectivity index (χ1n) is 18.9. The minimum absolute atomic E-state index is 0.00749. The molecule has 0 aromatic carbocycles. The van der Waals surface area contributed by atoms with Gasteiger partial charge in [0.15, 0.2) is 0 Å². The van der Waals surface area contributed by atoms with Gasteiger partial charge in [0.05, 0.1) is 0 Å². The van der Waals surface area contributed by atoms with Crippen LogP contribution in [0.3, 0.4) is 0 Å². The summed E-state index contributed by atoms with van der Waals surface area (Å²) in [4.78, 5) is 15.3. The predicted molar refractivity (Wildman–Crippen MR) is 184 cm³/mol. The number of unbranched alkanes of at least 4 members (excludes halogenated alkanes) is 1. The van der Waals surface area contributed by atoms with Gasteiger partial charge in [-0.05, 0) is 143 Å². The number of rotatable bonds is 17. The monoisotopic (exact) mass is 615 g/mol. The molecular formula is C38H70N4O2. The summed E-state index contributed by atoms with van der Waals surface area (Å²) in [6.07, 6.45) is 20.6. The molecule has 1 amide bonds. The van der Waals surface area contributed by atoms with Crippen LogP contribution in [0.2, 0.25) is 0 Å². The maximum absolute atomic E-state index is 13.3. The van der Waals surface area contributed by atoms with Crippen molar-refractivity contribution in [3.05, 3.63) is 11.6 Å². The zero-order valence-corrected chi connectivity index (χ0v) is 29.4. The zero-order chi connectivity index (χ0) is 31.7. The molecule has 4 rings (SSSR count). The van der Waals surface area contributed by atoms with Crippen molar-refractivity contribution in [3.8, 4) is 0 Å². The molecule has 3 fully saturated rings. The van der Waals surface area contributed by atoms with Crippen LogP contribution in [-0.2, 0) is 4.74 Å². The van der Waals surface area contributed by atoms with E-state index < -0.39 is 0 Å².